The third kappa shape index (κ3) is 4.82. The maximum atomic E-state index is 12.9. The van der Waals surface area contributed by atoms with Crippen molar-refractivity contribution in [2.24, 2.45) is 0 Å². The molecule has 0 saturated carbocycles. The summed E-state index contributed by atoms with van der Waals surface area (Å²) in [5, 5.41) is 4.56. The van der Waals surface area contributed by atoms with Gasteiger partial charge >= 0.3 is 0 Å². The van der Waals surface area contributed by atoms with Crippen molar-refractivity contribution in [3.05, 3.63) is 66.9 Å². The van der Waals surface area contributed by atoms with Crippen LogP contribution >= 0.6 is 0 Å². The van der Waals surface area contributed by atoms with Crippen LogP contribution in [0, 0.1) is 0 Å². The minimum absolute atomic E-state index is 0.183. The molecular formula is C20H24N4O2S. The van der Waals surface area contributed by atoms with Gasteiger partial charge in [-0.15, -0.1) is 0 Å². The fourth-order valence-corrected chi connectivity index (χ4v) is 3.96. The smallest absolute Gasteiger partial charge is 0.244 e. The Hall–Kier alpha value is -2.48. The maximum Gasteiger partial charge on any atom is 0.244 e. The van der Waals surface area contributed by atoms with Crippen LogP contribution in [0.25, 0.3) is 16.9 Å². The summed E-state index contributed by atoms with van der Waals surface area (Å²) in [6.45, 7) is 1.20. The molecule has 0 amide bonds. The van der Waals surface area contributed by atoms with Crippen molar-refractivity contribution in [3.63, 3.8) is 0 Å². The second kappa shape index (κ2) is 8.47. The molecule has 0 bridgehead atoms. The monoisotopic (exact) mass is 384 g/mol. The number of nitrogens with zero attached hydrogens (tertiary/aromatic N) is 3. The zero-order valence-electron chi connectivity index (χ0n) is 15.5. The van der Waals surface area contributed by atoms with Gasteiger partial charge in [-0.25, -0.2) is 17.8 Å². The van der Waals surface area contributed by atoms with E-state index in [0.717, 1.165) is 24.2 Å². The van der Waals surface area contributed by atoms with Crippen molar-refractivity contribution in [2.75, 3.05) is 27.2 Å². The molecule has 0 radical (unpaired) electrons. The highest BCUT2D eigenvalue weighted by molar-refractivity contribution is 7.89. The Morgan fingerprint density at radius 1 is 1.00 bits per heavy atom. The molecule has 0 aliphatic rings. The lowest BCUT2D eigenvalue weighted by Crippen LogP contribution is -2.27. The van der Waals surface area contributed by atoms with E-state index in [4.69, 9.17) is 0 Å². The number of hydrogen-bond donors (Lipinski definition) is 1. The zero-order chi connectivity index (χ0) is 19.3. The van der Waals surface area contributed by atoms with Crippen LogP contribution in [-0.4, -0.2) is 50.3 Å². The molecule has 1 heterocycles. The number of para-hydroxylation sites is 1. The van der Waals surface area contributed by atoms with Gasteiger partial charge in [0.1, 0.15) is 10.6 Å². The standard InChI is InChI=1S/C20H24N4O2S/c1-23(2)15-9-14-21-27(25,26)19-16-24(18-12-7-4-8-13-18)22-20(19)17-10-5-3-6-11-17/h3-8,10-13,16,21H,9,14-15H2,1-2H3. The lowest BCUT2D eigenvalue weighted by molar-refractivity contribution is 0.400. The molecule has 6 nitrogen and oxygen atoms in total. The summed E-state index contributed by atoms with van der Waals surface area (Å²) in [7, 11) is 0.252. The molecule has 1 aromatic heterocycles. The summed E-state index contributed by atoms with van der Waals surface area (Å²) in [5.74, 6) is 0. The number of benzene rings is 2. The SMILES string of the molecule is CN(C)CCCNS(=O)(=O)c1cn(-c2ccccc2)nc1-c1ccccc1. The maximum absolute atomic E-state index is 12.9. The third-order valence-electron chi connectivity index (χ3n) is 4.11. The summed E-state index contributed by atoms with van der Waals surface area (Å²) in [4.78, 5) is 2.21. The molecule has 0 fully saturated rings. The van der Waals surface area contributed by atoms with Crippen LogP contribution < -0.4 is 4.72 Å². The quantitative estimate of drug-likeness (QED) is 0.607. The van der Waals surface area contributed by atoms with E-state index < -0.39 is 10.0 Å². The first-order valence-corrected chi connectivity index (χ1v) is 10.3. The van der Waals surface area contributed by atoms with E-state index in [9.17, 15) is 8.42 Å². The van der Waals surface area contributed by atoms with E-state index in [2.05, 4.69) is 9.82 Å². The molecular weight excluding hydrogens is 360 g/mol. The number of rotatable bonds is 8. The molecule has 3 rings (SSSR count). The Balaban J connectivity index is 1.96. The Kier molecular flexibility index (Phi) is 6.05. The third-order valence-corrected chi connectivity index (χ3v) is 5.57. The van der Waals surface area contributed by atoms with Gasteiger partial charge in [0.05, 0.1) is 11.9 Å². The minimum Gasteiger partial charge on any atom is -0.309 e. The van der Waals surface area contributed by atoms with Crippen LogP contribution in [0.3, 0.4) is 0 Å². The zero-order valence-corrected chi connectivity index (χ0v) is 16.4. The van der Waals surface area contributed by atoms with Crippen LogP contribution in [0.2, 0.25) is 0 Å². The van der Waals surface area contributed by atoms with Gasteiger partial charge in [0.2, 0.25) is 10.0 Å². The van der Waals surface area contributed by atoms with E-state index in [0.29, 0.717) is 12.2 Å². The topological polar surface area (TPSA) is 67.2 Å². The average molecular weight is 385 g/mol. The molecule has 7 heteroatoms. The molecule has 0 saturated heterocycles. The number of aromatic nitrogens is 2. The number of hydrogen-bond acceptors (Lipinski definition) is 4. The predicted octanol–water partition coefficient (Wildman–Crippen LogP) is 2.77. The van der Waals surface area contributed by atoms with Crippen molar-refractivity contribution >= 4 is 10.0 Å². The van der Waals surface area contributed by atoms with Crippen molar-refractivity contribution in [3.8, 4) is 16.9 Å². The second-order valence-electron chi connectivity index (χ2n) is 6.54. The van der Waals surface area contributed by atoms with Gasteiger partial charge in [0, 0.05) is 12.1 Å². The molecule has 1 N–H and O–H groups in total. The Labute approximate surface area is 160 Å². The van der Waals surface area contributed by atoms with E-state index in [1.54, 1.807) is 10.9 Å². The van der Waals surface area contributed by atoms with Crippen LogP contribution in [0.15, 0.2) is 71.8 Å². The van der Waals surface area contributed by atoms with E-state index in [1.807, 2.05) is 79.7 Å². The van der Waals surface area contributed by atoms with Crippen LogP contribution in [0.4, 0.5) is 0 Å². The summed E-state index contributed by atoms with van der Waals surface area (Å²) >= 11 is 0. The number of sulfonamides is 1. The highest BCUT2D eigenvalue weighted by Crippen LogP contribution is 2.27. The molecule has 142 valence electrons. The highest BCUT2D eigenvalue weighted by Gasteiger charge is 2.23. The van der Waals surface area contributed by atoms with Crippen molar-refractivity contribution in [2.45, 2.75) is 11.3 Å². The molecule has 0 atom stereocenters. The summed E-state index contributed by atoms with van der Waals surface area (Å²) in [5.41, 5.74) is 2.02. The summed E-state index contributed by atoms with van der Waals surface area (Å²) in [6.07, 6.45) is 2.31. The molecule has 0 spiro atoms. The predicted molar refractivity (Wildman–Crippen MR) is 107 cm³/mol. The first-order valence-electron chi connectivity index (χ1n) is 8.82. The van der Waals surface area contributed by atoms with Gasteiger partial charge in [0.15, 0.2) is 0 Å². The highest BCUT2D eigenvalue weighted by atomic mass is 32.2. The van der Waals surface area contributed by atoms with E-state index in [-0.39, 0.29) is 4.90 Å². The molecule has 2 aromatic carbocycles. The fraction of sp³-hybridized carbons (Fsp3) is 0.250. The Morgan fingerprint density at radius 2 is 1.63 bits per heavy atom. The van der Waals surface area contributed by atoms with Gasteiger partial charge < -0.3 is 4.90 Å². The number of nitrogens with one attached hydrogen (secondary N) is 1. The van der Waals surface area contributed by atoms with Gasteiger partial charge in [-0.1, -0.05) is 48.5 Å². The van der Waals surface area contributed by atoms with Gasteiger partial charge in [0.25, 0.3) is 0 Å². The van der Waals surface area contributed by atoms with Crippen LogP contribution in [0.5, 0.6) is 0 Å². The Morgan fingerprint density at radius 3 is 2.26 bits per heavy atom. The van der Waals surface area contributed by atoms with Crippen molar-refractivity contribution < 1.29 is 8.42 Å². The average Bonchev–Trinajstić information content (AvgIpc) is 3.13. The van der Waals surface area contributed by atoms with Gasteiger partial charge in [-0.2, -0.15) is 5.10 Å². The van der Waals surface area contributed by atoms with Crippen LogP contribution in [0.1, 0.15) is 6.42 Å². The molecule has 0 aliphatic heterocycles. The van der Waals surface area contributed by atoms with Gasteiger partial charge in [-0.3, -0.25) is 0 Å². The van der Waals surface area contributed by atoms with Crippen molar-refractivity contribution in [1.29, 1.82) is 0 Å². The Bertz CT molecular complexity index is 968. The fourth-order valence-electron chi connectivity index (χ4n) is 2.74. The van der Waals surface area contributed by atoms with Crippen molar-refractivity contribution in [1.82, 2.24) is 19.4 Å². The first kappa shape index (κ1) is 19.3. The van der Waals surface area contributed by atoms with E-state index >= 15 is 0 Å². The molecule has 0 unspecified atom stereocenters. The normalized spacial score (nSPS) is 11.8. The first-order chi connectivity index (χ1) is 13.0. The minimum atomic E-state index is -3.68. The van der Waals surface area contributed by atoms with E-state index in [1.165, 1.54) is 0 Å². The molecule has 27 heavy (non-hydrogen) atoms. The summed E-state index contributed by atoms with van der Waals surface area (Å²) < 4.78 is 30.2. The van der Waals surface area contributed by atoms with Gasteiger partial charge in [-0.05, 0) is 39.2 Å². The molecule has 3 aromatic rings. The summed E-state index contributed by atoms with van der Waals surface area (Å²) in [6, 6.07) is 18.9. The lowest BCUT2D eigenvalue weighted by atomic mass is 10.2. The largest absolute Gasteiger partial charge is 0.309 e. The second-order valence-corrected chi connectivity index (χ2v) is 8.28. The molecule has 0 aliphatic carbocycles. The lowest BCUT2D eigenvalue weighted by Gasteiger charge is -2.10. The van der Waals surface area contributed by atoms with Crippen LogP contribution in [-0.2, 0) is 10.0 Å².